The van der Waals surface area contributed by atoms with Crippen LogP contribution in [0.15, 0.2) is 48.5 Å². The van der Waals surface area contributed by atoms with E-state index in [4.69, 9.17) is 0 Å². The maximum absolute atomic E-state index is 13.1. The van der Waals surface area contributed by atoms with Crippen LogP contribution in [0.4, 0.5) is 4.39 Å². The van der Waals surface area contributed by atoms with Crippen LogP contribution in [-0.2, 0) is 0 Å². The highest BCUT2D eigenvalue weighted by molar-refractivity contribution is 5.63. The molecule has 0 aromatic heterocycles. The molecule has 0 spiro atoms. The number of nitrogens with one attached hydrogen (secondary N) is 1. The molecule has 1 nitrogen and oxygen atoms in total. The summed E-state index contributed by atoms with van der Waals surface area (Å²) in [5, 5.41) is 3.26. The van der Waals surface area contributed by atoms with Crippen LogP contribution in [0, 0.1) is 5.82 Å². The SMILES string of the molecule is Fc1cccc(-c2ccc(C3CNC3)cc2)c1. The van der Waals surface area contributed by atoms with Crippen molar-refractivity contribution in [2.24, 2.45) is 0 Å². The third-order valence-electron chi connectivity index (χ3n) is 3.32. The van der Waals surface area contributed by atoms with Crippen molar-refractivity contribution in [3.63, 3.8) is 0 Å². The molecular weight excluding hydrogens is 213 g/mol. The van der Waals surface area contributed by atoms with Crippen molar-refractivity contribution in [1.82, 2.24) is 5.32 Å². The fraction of sp³-hybridized carbons (Fsp3) is 0.200. The lowest BCUT2D eigenvalue weighted by atomic mass is 9.92. The summed E-state index contributed by atoms with van der Waals surface area (Å²) in [7, 11) is 0. The molecule has 1 fully saturated rings. The zero-order chi connectivity index (χ0) is 11.7. The first kappa shape index (κ1) is 10.5. The normalized spacial score (nSPS) is 15.6. The van der Waals surface area contributed by atoms with Gasteiger partial charge in [-0.1, -0.05) is 36.4 Å². The number of halogens is 1. The lowest BCUT2D eigenvalue weighted by Gasteiger charge is -2.27. The minimum atomic E-state index is -0.185. The van der Waals surface area contributed by atoms with Crippen molar-refractivity contribution < 1.29 is 4.39 Å². The van der Waals surface area contributed by atoms with Crippen molar-refractivity contribution >= 4 is 0 Å². The van der Waals surface area contributed by atoms with Gasteiger partial charge in [-0.05, 0) is 28.8 Å². The Balaban J connectivity index is 1.88. The number of hydrogen-bond acceptors (Lipinski definition) is 1. The molecule has 2 aromatic carbocycles. The minimum absolute atomic E-state index is 0.185. The van der Waals surface area contributed by atoms with Crippen molar-refractivity contribution in [3.05, 3.63) is 59.9 Å². The Hall–Kier alpha value is -1.67. The van der Waals surface area contributed by atoms with E-state index in [9.17, 15) is 4.39 Å². The third kappa shape index (κ3) is 2.08. The van der Waals surface area contributed by atoms with Crippen molar-refractivity contribution in [1.29, 1.82) is 0 Å². The first-order valence-electron chi connectivity index (χ1n) is 5.89. The molecule has 1 aliphatic heterocycles. The summed E-state index contributed by atoms with van der Waals surface area (Å²) in [6.45, 7) is 2.14. The predicted octanol–water partition coefficient (Wildman–Crippen LogP) is 3.18. The Bertz CT molecular complexity index is 515. The highest BCUT2D eigenvalue weighted by atomic mass is 19.1. The molecule has 2 heteroatoms. The lowest BCUT2D eigenvalue weighted by molar-refractivity contribution is 0.448. The fourth-order valence-corrected chi connectivity index (χ4v) is 2.14. The van der Waals surface area contributed by atoms with Gasteiger partial charge in [-0.25, -0.2) is 4.39 Å². The third-order valence-corrected chi connectivity index (χ3v) is 3.32. The van der Waals surface area contributed by atoms with Crippen LogP contribution in [0.2, 0.25) is 0 Å². The zero-order valence-corrected chi connectivity index (χ0v) is 9.49. The van der Waals surface area contributed by atoms with E-state index in [0.717, 1.165) is 24.2 Å². The molecule has 86 valence electrons. The zero-order valence-electron chi connectivity index (χ0n) is 9.49. The molecule has 0 saturated carbocycles. The Morgan fingerprint density at radius 3 is 2.29 bits per heavy atom. The summed E-state index contributed by atoms with van der Waals surface area (Å²) in [6, 6.07) is 15.2. The summed E-state index contributed by atoms with van der Waals surface area (Å²) in [4.78, 5) is 0. The smallest absolute Gasteiger partial charge is 0.123 e. The van der Waals surface area contributed by atoms with Gasteiger partial charge in [-0.3, -0.25) is 0 Å². The van der Waals surface area contributed by atoms with E-state index in [-0.39, 0.29) is 5.82 Å². The van der Waals surface area contributed by atoms with E-state index >= 15 is 0 Å². The van der Waals surface area contributed by atoms with Crippen LogP contribution in [0.3, 0.4) is 0 Å². The largest absolute Gasteiger partial charge is 0.315 e. The topological polar surface area (TPSA) is 12.0 Å². The summed E-state index contributed by atoms with van der Waals surface area (Å²) >= 11 is 0. The molecule has 3 rings (SSSR count). The van der Waals surface area contributed by atoms with Crippen LogP contribution in [-0.4, -0.2) is 13.1 Å². The second-order valence-electron chi connectivity index (χ2n) is 4.49. The van der Waals surface area contributed by atoms with Crippen LogP contribution < -0.4 is 5.32 Å². The lowest BCUT2D eigenvalue weighted by Crippen LogP contribution is -2.39. The van der Waals surface area contributed by atoms with E-state index < -0.39 is 0 Å². The van der Waals surface area contributed by atoms with Crippen molar-refractivity contribution in [2.45, 2.75) is 5.92 Å². The number of rotatable bonds is 2. The number of hydrogen-bond donors (Lipinski definition) is 1. The summed E-state index contributed by atoms with van der Waals surface area (Å²) in [5.74, 6) is 0.464. The van der Waals surface area contributed by atoms with Gasteiger partial charge in [-0.2, -0.15) is 0 Å². The second kappa shape index (κ2) is 4.30. The predicted molar refractivity (Wildman–Crippen MR) is 67.4 cm³/mol. The standard InChI is InChI=1S/C15H14FN/c16-15-3-1-2-13(8-15)11-4-6-12(7-5-11)14-9-17-10-14/h1-8,14,17H,9-10H2. The molecule has 0 aliphatic carbocycles. The monoisotopic (exact) mass is 227 g/mol. The molecule has 17 heavy (non-hydrogen) atoms. The van der Waals surface area contributed by atoms with E-state index in [1.165, 1.54) is 11.6 Å². The number of benzene rings is 2. The molecule has 1 saturated heterocycles. The highest BCUT2D eigenvalue weighted by Gasteiger charge is 2.18. The van der Waals surface area contributed by atoms with Crippen molar-refractivity contribution in [3.8, 4) is 11.1 Å². The first-order chi connectivity index (χ1) is 8.33. The van der Waals surface area contributed by atoms with E-state index in [1.807, 2.05) is 6.07 Å². The molecule has 2 aromatic rings. The van der Waals surface area contributed by atoms with Gasteiger partial charge in [0, 0.05) is 19.0 Å². The Kier molecular flexibility index (Phi) is 2.65. The molecular formula is C15H14FN. The van der Waals surface area contributed by atoms with E-state index in [1.54, 1.807) is 12.1 Å². The molecule has 0 unspecified atom stereocenters. The second-order valence-corrected chi connectivity index (χ2v) is 4.49. The molecule has 0 amide bonds. The van der Waals surface area contributed by atoms with Gasteiger partial charge in [0.1, 0.15) is 5.82 Å². The maximum Gasteiger partial charge on any atom is 0.123 e. The van der Waals surface area contributed by atoms with Gasteiger partial charge >= 0.3 is 0 Å². The molecule has 0 radical (unpaired) electrons. The molecule has 1 heterocycles. The van der Waals surface area contributed by atoms with Gasteiger partial charge in [0.05, 0.1) is 0 Å². The summed E-state index contributed by atoms with van der Waals surface area (Å²) in [6.07, 6.45) is 0. The fourth-order valence-electron chi connectivity index (χ4n) is 2.14. The van der Waals surface area contributed by atoms with Gasteiger partial charge in [0.2, 0.25) is 0 Å². The van der Waals surface area contributed by atoms with Crippen LogP contribution in [0.5, 0.6) is 0 Å². The minimum Gasteiger partial charge on any atom is -0.315 e. The van der Waals surface area contributed by atoms with Gasteiger partial charge < -0.3 is 5.32 Å². The van der Waals surface area contributed by atoms with Crippen LogP contribution >= 0.6 is 0 Å². The Morgan fingerprint density at radius 1 is 0.941 bits per heavy atom. The highest BCUT2D eigenvalue weighted by Crippen LogP contribution is 2.25. The van der Waals surface area contributed by atoms with Gasteiger partial charge in [0.15, 0.2) is 0 Å². The van der Waals surface area contributed by atoms with E-state index in [0.29, 0.717) is 5.92 Å². The summed E-state index contributed by atoms with van der Waals surface area (Å²) in [5.41, 5.74) is 3.37. The Labute approximate surface area is 100 Å². The average molecular weight is 227 g/mol. The van der Waals surface area contributed by atoms with Crippen LogP contribution in [0.1, 0.15) is 11.5 Å². The van der Waals surface area contributed by atoms with Gasteiger partial charge in [-0.15, -0.1) is 0 Å². The van der Waals surface area contributed by atoms with E-state index in [2.05, 4.69) is 29.6 Å². The average Bonchev–Trinajstić information content (AvgIpc) is 2.28. The molecule has 0 bridgehead atoms. The maximum atomic E-state index is 13.1. The van der Waals surface area contributed by atoms with Gasteiger partial charge in [0.25, 0.3) is 0 Å². The van der Waals surface area contributed by atoms with Crippen LogP contribution in [0.25, 0.3) is 11.1 Å². The molecule has 1 N–H and O–H groups in total. The summed E-state index contributed by atoms with van der Waals surface area (Å²) < 4.78 is 13.1. The molecule has 1 aliphatic rings. The Morgan fingerprint density at radius 2 is 1.71 bits per heavy atom. The molecule has 0 atom stereocenters. The van der Waals surface area contributed by atoms with Crippen molar-refractivity contribution in [2.75, 3.05) is 13.1 Å². The quantitative estimate of drug-likeness (QED) is 0.830. The first-order valence-corrected chi connectivity index (χ1v) is 5.89.